The molecular formula is C10H18N4O3S. The molecule has 8 heteroatoms. The van der Waals surface area contributed by atoms with Crippen molar-refractivity contribution in [2.75, 3.05) is 32.7 Å². The third-order valence-corrected chi connectivity index (χ3v) is 3.58. The standard InChI is InChI=1S/C10H18N4O3S/c1-16-4-5-17-6-9(15)7-18-10-11-12-13-14(10)8-2-3-8/h8-9,15H,2-7H2,1H3. The van der Waals surface area contributed by atoms with E-state index in [-0.39, 0.29) is 0 Å². The van der Waals surface area contributed by atoms with Crippen molar-refractivity contribution >= 4 is 11.8 Å². The molecule has 1 heterocycles. The Labute approximate surface area is 110 Å². The predicted molar refractivity (Wildman–Crippen MR) is 65.5 cm³/mol. The Morgan fingerprint density at radius 3 is 3.06 bits per heavy atom. The summed E-state index contributed by atoms with van der Waals surface area (Å²) in [6, 6.07) is 0.456. The average molecular weight is 274 g/mol. The zero-order valence-corrected chi connectivity index (χ0v) is 11.2. The van der Waals surface area contributed by atoms with E-state index in [9.17, 15) is 5.11 Å². The Morgan fingerprint density at radius 2 is 2.33 bits per heavy atom. The van der Waals surface area contributed by atoms with Crippen LogP contribution in [0.4, 0.5) is 0 Å². The summed E-state index contributed by atoms with van der Waals surface area (Å²) in [6.45, 7) is 1.35. The van der Waals surface area contributed by atoms with E-state index in [2.05, 4.69) is 15.5 Å². The number of aliphatic hydroxyl groups excluding tert-OH is 1. The summed E-state index contributed by atoms with van der Waals surface area (Å²) < 4.78 is 11.9. The molecule has 18 heavy (non-hydrogen) atoms. The molecule has 1 aliphatic carbocycles. The van der Waals surface area contributed by atoms with Gasteiger partial charge in [-0.05, 0) is 23.3 Å². The van der Waals surface area contributed by atoms with Gasteiger partial charge < -0.3 is 14.6 Å². The van der Waals surface area contributed by atoms with Crippen LogP contribution in [0.3, 0.4) is 0 Å². The van der Waals surface area contributed by atoms with Gasteiger partial charge in [-0.25, -0.2) is 4.68 Å². The van der Waals surface area contributed by atoms with Crippen molar-refractivity contribution < 1.29 is 14.6 Å². The van der Waals surface area contributed by atoms with E-state index < -0.39 is 6.10 Å². The van der Waals surface area contributed by atoms with Gasteiger partial charge in [0, 0.05) is 12.9 Å². The molecule has 102 valence electrons. The molecule has 0 radical (unpaired) electrons. The molecule has 1 aliphatic rings. The summed E-state index contributed by atoms with van der Waals surface area (Å²) in [5.74, 6) is 0.528. The number of aromatic nitrogens is 4. The molecule has 1 aromatic rings. The van der Waals surface area contributed by atoms with E-state index in [1.165, 1.54) is 11.8 Å². The highest BCUT2D eigenvalue weighted by Gasteiger charge is 2.28. The molecule has 0 amide bonds. The second kappa shape index (κ2) is 7.03. The van der Waals surface area contributed by atoms with Gasteiger partial charge in [0.05, 0.1) is 32.0 Å². The first-order valence-electron chi connectivity index (χ1n) is 5.96. The minimum Gasteiger partial charge on any atom is -0.390 e. The molecule has 0 aromatic carbocycles. The van der Waals surface area contributed by atoms with Crippen LogP contribution in [0, 0.1) is 0 Å². The van der Waals surface area contributed by atoms with Crippen molar-refractivity contribution in [3.05, 3.63) is 0 Å². The largest absolute Gasteiger partial charge is 0.390 e. The van der Waals surface area contributed by atoms with Crippen LogP contribution in [0.5, 0.6) is 0 Å². The van der Waals surface area contributed by atoms with Gasteiger partial charge in [-0.15, -0.1) is 5.10 Å². The summed E-state index contributed by atoms with van der Waals surface area (Å²) >= 11 is 1.46. The maximum absolute atomic E-state index is 9.73. The Morgan fingerprint density at radius 1 is 1.50 bits per heavy atom. The lowest BCUT2D eigenvalue weighted by molar-refractivity contribution is 0.0218. The highest BCUT2D eigenvalue weighted by molar-refractivity contribution is 7.99. The van der Waals surface area contributed by atoms with E-state index in [0.717, 1.165) is 18.0 Å². The first-order valence-corrected chi connectivity index (χ1v) is 6.95. The van der Waals surface area contributed by atoms with E-state index in [1.54, 1.807) is 7.11 Å². The third kappa shape index (κ3) is 4.20. The van der Waals surface area contributed by atoms with Gasteiger partial charge in [0.15, 0.2) is 0 Å². The van der Waals surface area contributed by atoms with Crippen LogP contribution in [0.2, 0.25) is 0 Å². The second-order valence-corrected chi connectivity index (χ2v) is 5.16. The van der Waals surface area contributed by atoms with Gasteiger partial charge >= 0.3 is 0 Å². The molecule has 1 N–H and O–H groups in total. The lowest BCUT2D eigenvalue weighted by Crippen LogP contribution is -2.19. The first kappa shape index (κ1) is 13.7. The smallest absolute Gasteiger partial charge is 0.209 e. The Bertz CT molecular complexity index is 359. The van der Waals surface area contributed by atoms with E-state index in [4.69, 9.17) is 9.47 Å². The monoisotopic (exact) mass is 274 g/mol. The Balaban J connectivity index is 1.65. The summed E-state index contributed by atoms with van der Waals surface area (Å²) in [5.41, 5.74) is 0. The number of methoxy groups -OCH3 is 1. The van der Waals surface area contributed by atoms with Crippen LogP contribution in [0.1, 0.15) is 18.9 Å². The average Bonchev–Trinajstić information content (AvgIpc) is 3.11. The summed E-state index contributed by atoms with van der Waals surface area (Å²) in [4.78, 5) is 0. The second-order valence-electron chi connectivity index (χ2n) is 4.17. The maximum atomic E-state index is 9.73. The molecule has 7 nitrogen and oxygen atoms in total. The first-order chi connectivity index (χ1) is 8.81. The van der Waals surface area contributed by atoms with E-state index in [0.29, 0.717) is 31.6 Å². The fraction of sp³-hybridized carbons (Fsp3) is 0.900. The number of thioether (sulfide) groups is 1. The van der Waals surface area contributed by atoms with E-state index in [1.807, 2.05) is 4.68 Å². The Hall–Kier alpha value is -0.700. The zero-order chi connectivity index (χ0) is 12.8. The quantitative estimate of drug-likeness (QED) is 0.506. The minimum absolute atomic E-state index is 0.307. The number of nitrogens with zero attached hydrogens (tertiary/aromatic N) is 4. The zero-order valence-electron chi connectivity index (χ0n) is 10.4. The third-order valence-electron chi connectivity index (χ3n) is 2.50. The van der Waals surface area contributed by atoms with Crippen LogP contribution < -0.4 is 0 Å². The van der Waals surface area contributed by atoms with Crippen LogP contribution >= 0.6 is 11.8 Å². The van der Waals surface area contributed by atoms with E-state index >= 15 is 0 Å². The number of hydrogen-bond donors (Lipinski definition) is 1. The number of rotatable bonds is 9. The SMILES string of the molecule is COCCOCC(O)CSc1nnnn1C1CC1. The lowest BCUT2D eigenvalue weighted by atomic mass is 10.4. The molecule has 1 fully saturated rings. The topological polar surface area (TPSA) is 82.3 Å². The fourth-order valence-electron chi connectivity index (χ4n) is 1.41. The molecule has 2 rings (SSSR count). The van der Waals surface area contributed by atoms with Crippen molar-refractivity contribution in [2.45, 2.75) is 30.1 Å². The molecule has 1 aromatic heterocycles. The van der Waals surface area contributed by atoms with Crippen LogP contribution in [-0.2, 0) is 9.47 Å². The molecular weight excluding hydrogens is 256 g/mol. The van der Waals surface area contributed by atoms with Gasteiger partial charge in [0.1, 0.15) is 0 Å². The summed E-state index contributed by atoms with van der Waals surface area (Å²) in [5, 5.41) is 22.1. The molecule has 0 aliphatic heterocycles. The van der Waals surface area contributed by atoms with Gasteiger partial charge in [-0.1, -0.05) is 11.8 Å². The summed E-state index contributed by atoms with van der Waals surface area (Å²) in [6.07, 6.45) is 1.76. The van der Waals surface area contributed by atoms with Crippen molar-refractivity contribution in [1.29, 1.82) is 0 Å². The maximum Gasteiger partial charge on any atom is 0.209 e. The minimum atomic E-state index is -0.517. The van der Waals surface area contributed by atoms with Crippen LogP contribution in [0.15, 0.2) is 5.16 Å². The molecule has 1 atom stereocenters. The number of aliphatic hydroxyl groups is 1. The predicted octanol–water partition coefficient (Wildman–Crippen LogP) is 0.124. The van der Waals surface area contributed by atoms with Crippen LogP contribution in [0.25, 0.3) is 0 Å². The highest BCUT2D eigenvalue weighted by Crippen LogP contribution is 2.36. The van der Waals surface area contributed by atoms with Crippen molar-refractivity contribution in [2.24, 2.45) is 0 Å². The van der Waals surface area contributed by atoms with Gasteiger partial charge in [-0.3, -0.25) is 0 Å². The van der Waals surface area contributed by atoms with Crippen molar-refractivity contribution in [1.82, 2.24) is 20.2 Å². The van der Waals surface area contributed by atoms with Gasteiger partial charge in [-0.2, -0.15) is 0 Å². The van der Waals surface area contributed by atoms with Crippen molar-refractivity contribution in [3.8, 4) is 0 Å². The molecule has 1 saturated carbocycles. The number of hydrogen-bond acceptors (Lipinski definition) is 7. The van der Waals surface area contributed by atoms with Crippen LogP contribution in [-0.4, -0.2) is 64.1 Å². The molecule has 0 bridgehead atoms. The molecule has 0 saturated heterocycles. The molecule has 0 spiro atoms. The Kier molecular flexibility index (Phi) is 5.36. The summed E-state index contributed by atoms with van der Waals surface area (Å²) in [7, 11) is 1.62. The van der Waals surface area contributed by atoms with Gasteiger partial charge in [0.25, 0.3) is 0 Å². The highest BCUT2D eigenvalue weighted by atomic mass is 32.2. The number of ether oxygens (including phenoxy) is 2. The van der Waals surface area contributed by atoms with Gasteiger partial charge in [0.2, 0.25) is 5.16 Å². The normalized spacial score (nSPS) is 17.0. The van der Waals surface area contributed by atoms with Crippen molar-refractivity contribution in [3.63, 3.8) is 0 Å². The fourth-order valence-corrected chi connectivity index (χ4v) is 2.26. The molecule has 1 unspecified atom stereocenters. The lowest BCUT2D eigenvalue weighted by Gasteiger charge is -2.10. The number of tetrazole rings is 1.